The lowest BCUT2D eigenvalue weighted by Gasteiger charge is -2.38. The van der Waals surface area contributed by atoms with E-state index >= 15 is 0 Å². The highest BCUT2D eigenvalue weighted by Crippen LogP contribution is 2.38. The molecule has 0 N–H and O–H groups in total. The number of amides is 1. The van der Waals surface area contributed by atoms with Crippen LogP contribution in [0.4, 0.5) is 18.0 Å². The standard InChI is InChI=1S/C27H31F3N2O5S/c1-26(2,3)38(34)31-22-16-23(36-24-15-20(9-10-21(22)24)37-27(28,29)30)19-11-13-32(14-12-19)25(33)35-17-18-7-5-4-6-8-18/h4-10,15,19,23H,11-14,16-17H2,1-3H3/b31-22+/t23-,38-/m0/s1. The van der Waals surface area contributed by atoms with E-state index in [2.05, 4.69) is 9.13 Å². The number of rotatable bonds is 5. The number of halogens is 3. The van der Waals surface area contributed by atoms with Crippen molar-refractivity contribution in [3.05, 3.63) is 59.7 Å². The molecular weight excluding hydrogens is 521 g/mol. The van der Waals surface area contributed by atoms with Gasteiger partial charge in [0.1, 0.15) is 46.0 Å². The van der Waals surface area contributed by atoms with Crippen molar-refractivity contribution in [2.24, 2.45) is 10.3 Å². The highest BCUT2D eigenvalue weighted by atomic mass is 32.2. The average molecular weight is 553 g/mol. The molecule has 0 saturated carbocycles. The van der Waals surface area contributed by atoms with Gasteiger partial charge in [-0.3, -0.25) is 0 Å². The molecule has 1 saturated heterocycles. The van der Waals surface area contributed by atoms with Gasteiger partial charge in [-0.1, -0.05) is 34.7 Å². The number of carbonyl (C=O) groups excluding carboxylic acids is 1. The largest absolute Gasteiger partial charge is 0.591 e. The van der Waals surface area contributed by atoms with Crippen LogP contribution in [0.1, 0.15) is 51.2 Å². The first-order valence-electron chi connectivity index (χ1n) is 12.4. The second kappa shape index (κ2) is 11.4. The van der Waals surface area contributed by atoms with E-state index in [4.69, 9.17) is 9.47 Å². The Balaban J connectivity index is 1.46. The zero-order valence-corrected chi connectivity index (χ0v) is 22.3. The molecule has 1 amide bonds. The minimum atomic E-state index is -4.84. The monoisotopic (exact) mass is 552 g/mol. The van der Waals surface area contributed by atoms with Crippen LogP contribution in [0.25, 0.3) is 0 Å². The summed E-state index contributed by atoms with van der Waals surface area (Å²) in [6, 6.07) is 13.3. The van der Waals surface area contributed by atoms with Crippen molar-refractivity contribution in [3.8, 4) is 11.5 Å². The zero-order valence-electron chi connectivity index (χ0n) is 21.5. The van der Waals surface area contributed by atoms with E-state index in [1.54, 1.807) is 25.7 Å². The molecule has 38 heavy (non-hydrogen) atoms. The Bertz CT molecular complexity index is 1150. The first kappa shape index (κ1) is 28.1. The van der Waals surface area contributed by atoms with Crippen LogP contribution in [0.3, 0.4) is 0 Å². The van der Waals surface area contributed by atoms with E-state index < -0.39 is 34.3 Å². The van der Waals surface area contributed by atoms with Crippen LogP contribution in [-0.4, -0.2) is 51.6 Å². The third-order valence-corrected chi connectivity index (χ3v) is 7.85. The summed E-state index contributed by atoms with van der Waals surface area (Å²) in [4.78, 5) is 14.2. The number of carbonyl (C=O) groups is 1. The Kier molecular flexibility index (Phi) is 8.46. The van der Waals surface area contributed by atoms with Crippen LogP contribution in [0.2, 0.25) is 0 Å². The fourth-order valence-electron chi connectivity index (χ4n) is 4.39. The fraction of sp³-hybridized carbons (Fsp3) is 0.481. The number of nitrogens with zero attached hydrogens (tertiary/aromatic N) is 2. The van der Waals surface area contributed by atoms with Crippen molar-refractivity contribution >= 4 is 23.2 Å². The summed E-state index contributed by atoms with van der Waals surface area (Å²) in [7, 11) is 0. The Morgan fingerprint density at radius 2 is 1.82 bits per heavy atom. The average Bonchev–Trinajstić information content (AvgIpc) is 2.86. The number of benzene rings is 2. The number of ether oxygens (including phenoxy) is 3. The Morgan fingerprint density at radius 3 is 2.45 bits per heavy atom. The number of likely N-dealkylation sites (tertiary alicyclic amines) is 1. The molecule has 0 unspecified atom stereocenters. The fourth-order valence-corrected chi connectivity index (χ4v) is 5.04. The molecule has 2 aromatic rings. The van der Waals surface area contributed by atoms with Crippen LogP contribution in [-0.2, 0) is 22.7 Å². The highest BCUT2D eigenvalue weighted by Gasteiger charge is 2.38. The second-order valence-corrected chi connectivity index (χ2v) is 12.2. The van der Waals surface area contributed by atoms with Crippen LogP contribution >= 0.6 is 0 Å². The van der Waals surface area contributed by atoms with Gasteiger partial charge in [-0.2, -0.15) is 0 Å². The molecule has 2 aromatic carbocycles. The molecule has 7 nitrogen and oxygen atoms in total. The maximum absolute atomic E-state index is 12.8. The molecule has 206 valence electrons. The number of fused-ring (bicyclic) bond motifs is 1. The first-order valence-corrected chi connectivity index (χ1v) is 13.5. The van der Waals surface area contributed by atoms with Gasteiger partial charge in [-0.05, 0) is 57.2 Å². The molecule has 2 atom stereocenters. The van der Waals surface area contributed by atoms with Gasteiger partial charge in [0.2, 0.25) is 0 Å². The number of hydrogen-bond acceptors (Lipinski definition) is 6. The Labute approximate surface area is 223 Å². The quantitative estimate of drug-likeness (QED) is 0.423. The minimum absolute atomic E-state index is 0.0155. The van der Waals surface area contributed by atoms with Gasteiger partial charge < -0.3 is 23.7 Å². The van der Waals surface area contributed by atoms with E-state index in [0.717, 1.165) is 5.56 Å². The Morgan fingerprint density at radius 1 is 1.13 bits per heavy atom. The molecule has 0 bridgehead atoms. The van der Waals surface area contributed by atoms with Crippen molar-refractivity contribution in [2.45, 2.75) is 63.9 Å². The topological polar surface area (TPSA) is 83.4 Å². The summed E-state index contributed by atoms with van der Waals surface area (Å²) < 4.78 is 70.8. The predicted octanol–water partition coefficient (Wildman–Crippen LogP) is 6.04. The molecule has 4 rings (SSSR count). The van der Waals surface area contributed by atoms with Gasteiger partial charge in [0.05, 0.1) is 0 Å². The maximum atomic E-state index is 12.8. The predicted molar refractivity (Wildman–Crippen MR) is 138 cm³/mol. The van der Waals surface area contributed by atoms with E-state index in [0.29, 0.717) is 43.6 Å². The molecule has 0 aromatic heterocycles. The maximum Gasteiger partial charge on any atom is 0.573 e. The summed E-state index contributed by atoms with van der Waals surface area (Å²) in [5.41, 5.74) is 1.92. The highest BCUT2D eigenvalue weighted by molar-refractivity contribution is 7.91. The number of hydrogen-bond donors (Lipinski definition) is 0. The summed E-state index contributed by atoms with van der Waals surface area (Å²) in [5, 5.41) is 0. The van der Waals surface area contributed by atoms with Crippen molar-refractivity contribution in [1.29, 1.82) is 0 Å². The van der Waals surface area contributed by atoms with Crippen molar-refractivity contribution in [3.63, 3.8) is 0 Å². The number of piperidine rings is 1. The van der Waals surface area contributed by atoms with E-state index in [9.17, 15) is 22.5 Å². The zero-order chi connectivity index (χ0) is 27.5. The molecule has 0 spiro atoms. The third-order valence-electron chi connectivity index (χ3n) is 6.42. The smallest absolute Gasteiger partial charge is 0.573 e. The van der Waals surface area contributed by atoms with Crippen molar-refractivity contribution in [1.82, 2.24) is 4.90 Å². The van der Waals surface area contributed by atoms with E-state index in [1.165, 1.54) is 18.2 Å². The molecule has 11 heteroatoms. The summed E-state index contributed by atoms with van der Waals surface area (Å²) in [6.45, 7) is 6.52. The van der Waals surface area contributed by atoms with Gasteiger partial charge in [-0.25, -0.2) is 4.79 Å². The SMILES string of the molecule is CC(C)(C)[S@+]([O-])/N=C1\C[C@@H](C2CCN(C(=O)OCc3ccccc3)CC2)Oc2cc(OC(F)(F)F)ccc21. The minimum Gasteiger partial charge on any atom is -0.591 e. The van der Waals surface area contributed by atoms with Crippen LogP contribution in [0.15, 0.2) is 52.9 Å². The summed E-state index contributed by atoms with van der Waals surface area (Å²) >= 11 is -1.56. The van der Waals surface area contributed by atoms with E-state index in [1.807, 2.05) is 30.3 Å². The molecule has 2 heterocycles. The van der Waals surface area contributed by atoms with Crippen LogP contribution in [0, 0.1) is 5.92 Å². The first-order chi connectivity index (χ1) is 17.9. The summed E-state index contributed by atoms with van der Waals surface area (Å²) in [5.74, 6) is -0.177. The molecule has 0 aliphatic carbocycles. The van der Waals surface area contributed by atoms with Crippen molar-refractivity contribution < 1.29 is 36.7 Å². The van der Waals surface area contributed by atoms with Gasteiger partial charge in [-0.15, -0.1) is 13.2 Å². The second-order valence-electron chi connectivity index (χ2n) is 10.3. The Hall–Kier alpha value is -2.92. The lowest BCUT2D eigenvalue weighted by atomic mass is 9.85. The summed E-state index contributed by atoms with van der Waals surface area (Å²) in [6.07, 6.45) is -4.03. The van der Waals surface area contributed by atoms with Gasteiger partial charge >= 0.3 is 12.5 Å². The molecule has 2 aliphatic rings. The van der Waals surface area contributed by atoms with Crippen LogP contribution in [0.5, 0.6) is 11.5 Å². The van der Waals surface area contributed by atoms with Crippen molar-refractivity contribution in [2.75, 3.05) is 13.1 Å². The molecule has 1 fully saturated rings. The molecule has 0 radical (unpaired) electrons. The molecule has 2 aliphatic heterocycles. The van der Waals surface area contributed by atoms with Gasteiger partial charge in [0, 0.05) is 31.1 Å². The third kappa shape index (κ3) is 7.35. The van der Waals surface area contributed by atoms with E-state index in [-0.39, 0.29) is 24.4 Å². The normalized spacial score (nSPS) is 20.4. The van der Waals surface area contributed by atoms with Crippen LogP contribution < -0.4 is 9.47 Å². The lowest BCUT2D eigenvalue weighted by molar-refractivity contribution is -0.274. The van der Waals surface area contributed by atoms with Gasteiger partial charge in [0.25, 0.3) is 0 Å². The lowest BCUT2D eigenvalue weighted by Crippen LogP contribution is -2.44. The molecular formula is C27H31F3N2O5S. The number of alkyl halides is 3. The van der Waals surface area contributed by atoms with Gasteiger partial charge in [0.15, 0.2) is 0 Å².